The molecular formula is C16H18N2O2. The first-order valence-corrected chi connectivity index (χ1v) is 6.51. The normalized spacial score (nSPS) is 10.4. The molecule has 1 N–H and O–H groups in total. The molecule has 1 amide bonds. The van der Waals surface area contributed by atoms with E-state index in [4.69, 9.17) is 4.74 Å². The second-order valence-corrected chi connectivity index (χ2v) is 4.82. The number of pyridine rings is 1. The van der Waals surface area contributed by atoms with Gasteiger partial charge in [-0.2, -0.15) is 0 Å². The van der Waals surface area contributed by atoms with E-state index in [2.05, 4.69) is 24.1 Å². The van der Waals surface area contributed by atoms with E-state index in [1.165, 1.54) is 11.8 Å². The Balaban J connectivity index is 2.06. The predicted octanol–water partition coefficient (Wildman–Crippen LogP) is 3.47. The van der Waals surface area contributed by atoms with Gasteiger partial charge >= 0.3 is 0 Å². The molecule has 0 atom stereocenters. The fourth-order valence-electron chi connectivity index (χ4n) is 1.79. The van der Waals surface area contributed by atoms with Gasteiger partial charge in [0.25, 0.3) is 5.91 Å². The third-order valence-corrected chi connectivity index (χ3v) is 3.04. The minimum absolute atomic E-state index is 0.183. The molecule has 4 heteroatoms. The van der Waals surface area contributed by atoms with Gasteiger partial charge < -0.3 is 10.1 Å². The molecular weight excluding hydrogens is 252 g/mol. The Morgan fingerprint density at radius 1 is 1.15 bits per heavy atom. The highest BCUT2D eigenvalue weighted by atomic mass is 16.5. The number of ether oxygens (including phenoxy) is 1. The Labute approximate surface area is 118 Å². The van der Waals surface area contributed by atoms with E-state index in [0.717, 1.165) is 5.69 Å². The topological polar surface area (TPSA) is 51.2 Å². The first kappa shape index (κ1) is 14.1. The smallest absolute Gasteiger partial charge is 0.257 e. The summed E-state index contributed by atoms with van der Waals surface area (Å²) in [4.78, 5) is 16.1. The third-order valence-electron chi connectivity index (χ3n) is 3.04. The number of amides is 1. The summed E-state index contributed by atoms with van der Waals surface area (Å²) in [6, 6.07) is 11.2. The van der Waals surface area contributed by atoms with Gasteiger partial charge in [0.1, 0.15) is 0 Å². The van der Waals surface area contributed by atoms with E-state index in [1.54, 1.807) is 19.2 Å². The number of hydrogen-bond acceptors (Lipinski definition) is 3. The molecule has 0 aliphatic carbocycles. The number of carbonyl (C=O) groups is 1. The fraction of sp³-hybridized carbons (Fsp3) is 0.250. The molecule has 0 unspecified atom stereocenters. The Bertz CT molecular complexity index is 574. The van der Waals surface area contributed by atoms with Crippen LogP contribution in [-0.2, 0) is 0 Å². The first-order chi connectivity index (χ1) is 9.60. The van der Waals surface area contributed by atoms with Gasteiger partial charge in [0, 0.05) is 18.0 Å². The second kappa shape index (κ2) is 6.19. The van der Waals surface area contributed by atoms with Crippen molar-refractivity contribution in [1.29, 1.82) is 0 Å². The van der Waals surface area contributed by atoms with Crippen molar-refractivity contribution in [3.63, 3.8) is 0 Å². The van der Waals surface area contributed by atoms with Gasteiger partial charge in [0.15, 0.2) is 0 Å². The maximum absolute atomic E-state index is 12.0. The summed E-state index contributed by atoms with van der Waals surface area (Å²) in [6.45, 7) is 4.27. The van der Waals surface area contributed by atoms with Crippen molar-refractivity contribution < 1.29 is 9.53 Å². The lowest BCUT2D eigenvalue weighted by molar-refractivity contribution is 0.102. The Morgan fingerprint density at radius 3 is 2.35 bits per heavy atom. The number of methoxy groups -OCH3 is 1. The molecule has 0 fully saturated rings. The van der Waals surface area contributed by atoms with E-state index >= 15 is 0 Å². The van der Waals surface area contributed by atoms with Gasteiger partial charge in [-0.1, -0.05) is 26.0 Å². The number of aromatic nitrogens is 1. The first-order valence-electron chi connectivity index (χ1n) is 6.51. The lowest BCUT2D eigenvalue weighted by Gasteiger charge is -2.08. The van der Waals surface area contributed by atoms with Crippen LogP contribution in [0.25, 0.3) is 0 Å². The number of nitrogens with one attached hydrogen (secondary N) is 1. The monoisotopic (exact) mass is 270 g/mol. The molecule has 4 nitrogen and oxygen atoms in total. The minimum Gasteiger partial charge on any atom is -0.481 e. The molecule has 2 aromatic rings. The molecule has 0 aliphatic rings. The largest absolute Gasteiger partial charge is 0.481 e. The zero-order valence-electron chi connectivity index (χ0n) is 11.9. The summed E-state index contributed by atoms with van der Waals surface area (Å²) in [5, 5.41) is 2.84. The summed E-state index contributed by atoms with van der Waals surface area (Å²) in [5.74, 6) is 0.783. The van der Waals surface area contributed by atoms with E-state index in [-0.39, 0.29) is 5.91 Å². The maximum Gasteiger partial charge on any atom is 0.257 e. The van der Waals surface area contributed by atoms with Crippen LogP contribution in [0.15, 0.2) is 42.6 Å². The molecule has 0 spiro atoms. The zero-order valence-corrected chi connectivity index (χ0v) is 11.9. The molecule has 0 saturated heterocycles. The molecule has 2 rings (SSSR count). The van der Waals surface area contributed by atoms with Crippen molar-refractivity contribution in [3.05, 3.63) is 53.7 Å². The number of anilines is 1. The molecule has 0 saturated carbocycles. The van der Waals surface area contributed by atoms with E-state index in [1.807, 2.05) is 24.3 Å². The van der Waals surface area contributed by atoms with Gasteiger partial charge in [0.2, 0.25) is 5.88 Å². The molecule has 104 valence electrons. The summed E-state index contributed by atoms with van der Waals surface area (Å²) >= 11 is 0. The predicted molar refractivity (Wildman–Crippen MR) is 79.3 cm³/mol. The molecule has 1 aromatic carbocycles. The zero-order chi connectivity index (χ0) is 14.5. The standard InChI is InChI=1S/C16H18N2O2/c1-11(2)12-4-7-14(8-5-12)18-16(19)13-6-9-15(20-3)17-10-13/h4-11H,1-3H3,(H,18,19). The average molecular weight is 270 g/mol. The van der Waals surface area contributed by atoms with Crippen LogP contribution in [0.3, 0.4) is 0 Å². The van der Waals surface area contributed by atoms with Crippen molar-refractivity contribution in [1.82, 2.24) is 4.98 Å². The quantitative estimate of drug-likeness (QED) is 0.925. The maximum atomic E-state index is 12.0. The Hall–Kier alpha value is -2.36. The van der Waals surface area contributed by atoms with Crippen LogP contribution in [0.4, 0.5) is 5.69 Å². The van der Waals surface area contributed by atoms with E-state index in [9.17, 15) is 4.79 Å². The van der Waals surface area contributed by atoms with Crippen LogP contribution in [0, 0.1) is 0 Å². The molecule has 1 aromatic heterocycles. The van der Waals surface area contributed by atoms with Crippen LogP contribution < -0.4 is 10.1 Å². The number of carbonyl (C=O) groups excluding carboxylic acids is 1. The SMILES string of the molecule is COc1ccc(C(=O)Nc2ccc(C(C)C)cc2)cn1. The van der Waals surface area contributed by atoms with Gasteiger partial charge in [0.05, 0.1) is 12.7 Å². The number of hydrogen-bond donors (Lipinski definition) is 1. The summed E-state index contributed by atoms with van der Waals surface area (Å²) in [5.41, 5.74) is 2.52. The van der Waals surface area contributed by atoms with E-state index < -0.39 is 0 Å². The molecule has 1 heterocycles. The summed E-state index contributed by atoms with van der Waals surface area (Å²) < 4.78 is 4.96. The van der Waals surface area contributed by atoms with Crippen molar-refractivity contribution in [2.75, 3.05) is 12.4 Å². The third kappa shape index (κ3) is 3.35. The Morgan fingerprint density at radius 2 is 1.85 bits per heavy atom. The van der Waals surface area contributed by atoms with Crippen molar-refractivity contribution >= 4 is 11.6 Å². The molecule has 20 heavy (non-hydrogen) atoms. The molecule has 0 radical (unpaired) electrons. The van der Waals surface area contributed by atoms with Crippen LogP contribution in [-0.4, -0.2) is 18.0 Å². The highest BCUT2D eigenvalue weighted by Gasteiger charge is 2.07. The minimum atomic E-state index is -0.183. The molecule has 0 aliphatic heterocycles. The van der Waals surface area contributed by atoms with Gasteiger partial charge in [-0.25, -0.2) is 4.98 Å². The van der Waals surface area contributed by atoms with Crippen LogP contribution in [0.1, 0.15) is 35.7 Å². The van der Waals surface area contributed by atoms with Crippen LogP contribution in [0.5, 0.6) is 5.88 Å². The lowest BCUT2D eigenvalue weighted by atomic mass is 10.0. The number of nitrogens with zero attached hydrogens (tertiary/aromatic N) is 1. The summed E-state index contributed by atoms with van der Waals surface area (Å²) in [6.07, 6.45) is 1.50. The Kier molecular flexibility index (Phi) is 4.35. The average Bonchev–Trinajstić information content (AvgIpc) is 2.48. The van der Waals surface area contributed by atoms with Crippen molar-refractivity contribution in [3.8, 4) is 5.88 Å². The van der Waals surface area contributed by atoms with Crippen LogP contribution in [0.2, 0.25) is 0 Å². The van der Waals surface area contributed by atoms with E-state index in [0.29, 0.717) is 17.4 Å². The van der Waals surface area contributed by atoms with Gasteiger partial charge in [-0.3, -0.25) is 4.79 Å². The van der Waals surface area contributed by atoms with Crippen molar-refractivity contribution in [2.24, 2.45) is 0 Å². The van der Waals surface area contributed by atoms with Crippen molar-refractivity contribution in [2.45, 2.75) is 19.8 Å². The highest BCUT2D eigenvalue weighted by Crippen LogP contribution is 2.17. The highest BCUT2D eigenvalue weighted by molar-refractivity contribution is 6.04. The molecule has 0 bridgehead atoms. The van der Waals surface area contributed by atoms with Gasteiger partial charge in [-0.05, 0) is 29.7 Å². The lowest BCUT2D eigenvalue weighted by Crippen LogP contribution is -2.12. The second-order valence-electron chi connectivity index (χ2n) is 4.82. The van der Waals surface area contributed by atoms with Crippen LogP contribution >= 0.6 is 0 Å². The van der Waals surface area contributed by atoms with Gasteiger partial charge in [-0.15, -0.1) is 0 Å². The fourth-order valence-corrected chi connectivity index (χ4v) is 1.79. The number of rotatable bonds is 4. The number of benzene rings is 1. The summed E-state index contributed by atoms with van der Waals surface area (Å²) in [7, 11) is 1.54.